The zero-order valence-corrected chi connectivity index (χ0v) is 19.4. The van der Waals surface area contributed by atoms with Gasteiger partial charge in [-0.15, -0.1) is 0 Å². The summed E-state index contributed by atoms with van der Waals surface area (Å²) < 4.78 is 0. The molecule has 0 saturated heterocycles. The van der Waals surface area contributed by atoms with E-state index in [1.54, 1.807) is 0 Å². The quantitative estimate of drug-likeness (QED) is 0.507. The summed E-state index contributed by atoms with van der Waals surface area (Å²) in [6.07, 6.45) is 14.1. The first kappa shape index (κ1) is 20.3. The van der Waals surface area contributed by atoms with E-state index in [-0.39, 0.29) is 5.41 Å². The SMILES string of the molecule is CN(C)c1ccc(/C=C2/C[C@@H]3[C@H]4CC[C@@H]5CCCC[C@]5(C)[C@@H]4CC[C@@]3(C)C2=O)cc1. The zero-order chi connectivity index (χ0) is 21.1. The molecule has 1 aromatic carbocycles. The maximum Gasteiger partial charge on any atom is 0.165 e. The maximum atomic E-state index is 13.6. The number of benzene rings is 1. The second-order valence-electron chi connectivity index (χ2n) is 11.5. The van der Waals surface area contributed by atoms with Crippen LogP contribution in [0, 0.1) is 34.5 Å². The Hall–Kier alpha value is -1.57. The Bertz CT molecular complexity index is 852. The average Bonchev–Trinajstić information content (AvgIpc) is 2.98. The number of anilines is 1. The van der Waals surface area contributed by atoms with Crippen molar-refractivity contribution in [3.05, 3.63) is 35.4 Å². The Morgan fingerprint density at radius 3 is 2.43 bits per heavy atom. The lowest BCUT2D eigenvalue weighted by atomic mass is 9.45. The van der Waals surface area contributed by atoms with Gasteiger partial charge in [0.15, 0.2) is 5.78 Å². The van der Waals surface area contributed by atoms with Crippen molar-refractivity contribution in [3.8, 4) is 0 Å². The molecule has 0 spiro atoms. The van der Waals surface area contributed by atoms with E-state index >= 15 is 0 Å². The van der Waals surface area contributed by atoms with Crippen LogP contribution in [0.15, 0.2) is 29.8 Å². The molecule has 0 radical (unpaired) electrons. The van der Waals surface area contributed by atoms with E-state index in [1.807, 2.05) is 0 Å². The van der Waals surface area contributed by atoms with Crippen molar-refractivity contribution >= 4 is 17.5 Å². The Morgan fingerprint density at radius 1 is 0.933 bits per heavy atom. The number of nitrogens with zero attached hydrogens (tertiary/aromatic N) is 1. The van der Waals surface area contributed by atoms with Crippen molar-refractivity contribution in [1.29, 1.82) is 0 Å². The van der Waals surface area contributed by atoms with E-state index in [4.69, 9.17) is 0 Å². The van der Waals surface area contributed by atoms with E-state index in [0.29, 0.717) is 17.1 Å². The van der Waals surface area contributed by atoms with Gasteiger partial charge in [0.05, 0.1) is 0 Å². The van der Waals surface area contributed by atoms with Gasteiger partial charge in [-0.2, -0.15) is 0 Å². The molecule has 4 aliphatic carbocycles. The van der Waals surface area contributed by atoms with Gasteiger partial charge < -0.3 is 4.90 Å². The molecule has 0 unspecified atom stereocenters. The number of ketones is 1. The lowest BCUT2D eigenvalue weighted by Crippen LogP contribution is -2.52. The third kappa shape index (κ3) is 3.00. The lowest BCUT2D eigenvalue weighted by Gasteiger charge is -2.59. The van der Waals surface area contributed by atoms with Crippen molar-refractivity contribution in [2.45, 2.75) is 71.6 Å². The molecule has 0 N–H and O–H groups in total. The maximum absolute atomic E-state index is 13.6. The number of hydrogen-bond donors (Lipinski definition) is 0. The minimum Gasteiger partial charge on any atom is -0.378 e. The predicted molar refractivity (Wildman–Crippen MR) is 125 cm³/mol. The third-order valence-corrected chi connectivity index (χ3v) is 9.97. The summed E-state index contributed by atoms with van der Waals surface area (Å²) >= 11 is 0. The number of carbonyl (C=O) groups is 1. The van der Waals surface area contributed by atoms with Crippen molar-refractivity contribution < 1.29 is 4.79 Å². The molecule has 2 heteroatoms. The first-order valence-electron chi connectivity index (χ1n) is 12.4. The van der Waals surface area contributed by atoms with Crippen LogP contribution in [0.1, 0.15) is 77.2 Å². The molecule has 0 aromatic heterocycles. The molecule has 162 valence electrons. The van der Waals surface area contributed by atoms with Gasteiger partial charge in [-0.3, -0.25) is 4.79 Å². The van der Waals surface area contributed by atoms with E-state index in [1.165, 1.54) is 56.2 Å². The molecule has 0 aliphatic heterocycles. The highest BCUT2D eigenvalue weighted by molar-refractivity contribution is 6.06. The van der Waals surface area contributed by atoms with Crippen LogP contribution >= 0.6 is 0 Å². The standard InChI is InChI=1S/C28H39NO/c1-27-15-6-5-7-21(27)10-13-23-24(27)14-16-28(2)25(23)18-20(26(28)30)17-19-8-11-22(12-9-19)29(3)4/h8-9,11-12,17,21,23-25H,5-7,10,13-16,18H2,1-4H3/b20-17-/t21-,23-,24+,25+,27-,28+/m0/s1. The monoisotopic (exact) mass is 405 g/mol. The number of fused-ring (bicyclic) bond motifs is 5. The van der Waals surface area contributed by atoms with Crippen LogP contribution in [0.2, 0.25) is 0 Å². The van der Waals surface area contributed by atoms with Crippen LogP contribution in [-0.2, 0) is 4.79 Å². The van der Waals surface area contributed by atoms with Crippen molar-refractivity contribution in [2.75, 3.05) is 19.0 Å². The molecule has 30 heavy (non-hydrogen) atoms. The van der Waals surface area contributed by atoms with Crippen molar-refractivity contribution in [3.63, 3.8) is 0 Å². The molecule has 1 aromatic rings. The fourth-order valence-electron chi connectivity index (χ4n) is 8.16. The van der Waals surface area contributed by atoms with Crippen LogP contribution in [-0.4, -0.2) is 19.9 Å². The molecular formula is C28H39NO. The molecule has 0 bridgehead atoms. The summed E-state index contributed by atoms with van der Waals surface area (Å²) in [4.78, 5) is 15.7. The normalized spacial score (nSPS) is 41.9. The molecule has 4 aliphatic rings. The average molecular weight is 406 g/mol. The highest BCUT2D eigenvalue weighted by atomic mass is 16.1. The lowest BCUT2D eigenvalue weighted by molar-refractivity contribution is -0.137. The molecular weight excluding hydrogens is 366 g/mol. The van der Waals surface area contributed by atoms with Crippen LogP contribution in [0.4, 0.5) is 5.69 Å². The molecule has 5 rings (SSSR count). The van der Waals surface area contributed by atoms with Gasteiger partial charge in [0.2, 0.25) is 0 Å². The van der Waals surface area contributed by atoms with Gasteiger partial charge in [0.25, 0.3) is 0 Å². The first-order chi connectivity index (χ1) is 14.3. The van der Waals surface area contributed by atoms with Gasteiger partial charge in [-0.05, 0) is 103 Å². The number of allylic oxidation sites excluding steroid dienone is 1. The molecule has 4 fully saturated rings. The van der Waals surface area contributed by atoms with Crippen molar-refractivity contribution in [2.24, 2.45) is 34.5 Å². The minimum absolute atomic E-state index is 0.117. The van der Waals surface area contributed by atoms with Gasteiger partial charge >= 0.3 is 0 Å². The molecule has 2 nitrogen and oxygen atoms in total. The van der Waals surface area contributed by atoms with Crippen molar-refractivity contribution in [1.82, 2.24) is 0 Å². The Kier molecular flexibility index (Phi) is 4.91. The second kappa shape index (κ2) is 7.24. The molecule has 4 saturated carbocycles. The van der Waals surface area contributed by atoms with E-state index in [0.717, 1.165) is 36.2 Å². The highest BCUT2D eigenvalue weighted by Crippen LogP contribution is 2.66. The third-order valence-electron chi connectivity index (χ3n) is 9.97. The first-order valence-corrected chi connectivity index (χ1v) is 12.4. The Morgan fingerprint density at radius 2 is 1.70 bits per heavy atom. The summed E-state index contributed by atoms with van der Waals surface area (Å²) in [5.41, 5.74) is 3.90. The van der Waals surface area contributed by atoms with Gasteiger partial charge in [0.1, 0.15) is 0 Å². The summed E-state index contributed by atoms with van der Waals surface area (Å²) in [7, 11) is 4.13. The molecule has 0 heterocycles. The predicted octanol–water partition coefficient (Wildman–Crippen LogP) is 6.75. The summed E-state index contributed by atoms with van der Waals surface area (Å²) in [5, 5.41) is 0. The van der Waals surface area contributed by atoms with E-state index in [9.17, 15) is 4.79 Å². The number of carbonyl (C=O) groups excluding carboxylic acids is 1. The van der Waals surface area contributed by atoms with E-state index in [2.05, 4.69) is 63.2 Å². The second-order valence-corrected chi connectivity index (χ2v) is 11.5. The molecule has 6 atom stereocenters. The van der Waals surface area contributed by atoms with Gasteiger partial charge in [0, 0.05) is 25.2 Å². The number of hydrogen-bond acceptors (Lipinski definition) is 2. The Balaban J connectivity index is 1.42. The summed E-state index contributed by atoms with van der Waals surface area (Å²) in [6.45, 7) is 4.93. The minimum atomic E-state index is -0.117. The highest BCUT2D eigenvalue weighted by Gasteiger charge is 2.60. The fourth-order valence-corrected chi connectivity index (χ4v) is 8.16. The zero-order valence-electron chi connectivity index (χ0n) is 19.4. The van der Waals surface area contributed by atoms with Crippen LogP contribution in [0.3, 0.4) is 0 Å². The summed E-state index contributed by atoms with van der Waals surface area (Å²) in [6, 6.07) is 8.64. The smallest absolute Gasteiger partial charge is 0.165 e. The van der Waals surface area contributed by atoms with Crippen LogP contribution in [0.25, 0.3) is 6.08 Å². The van der Waals surface area contributed by atoms with E-state index < -0.39 is 0 Å². The Labute approximate surface area is 183 Å². The topological polar surface area (TPSA) is 20.3 Å². The number of Topliss-reactive ketones (excluding diaryl/α,β-unsaturated/α-hetero) is 1. The summed E-state index contributed by atoms with van der Waals surface area (Å²) in [5.74, 6) is 3.57. The van der Waals surface area contributed by atoms with Gasteiger partial charge in [-0.1, -0.05) is 38.8 Å². The van der Waals surface area contributed by atoms with Crippen LogP contribution in [0.5, 0.6) is 0 Å². The van der Waals surface area contributed by atoms with Crippen LogP contribution < -0.4 is 4.90 Å². The van der Waals surface area contributed by atoms with Gasteiger partial charge in [-0.25, -0.2) is 0 Å². The fraction of sp³-hybridized carbons (Fsp3) is 0.679. The molecule has 0 amide bonds. The largest absolute Gasteiger partial charge is 0.378 e. The number of rotatable bonds is 2.